The summed E-state index contributed by atoms with van der Waals surface area (Å²) in [5.41, 5.74) is 0.0543. The molecule has 2 atom stereocenters. The summed E-state index contributed by atoms with van der Waals surface area (Å²) in [6.07, 6.45) is 3.86. The van der Waals surface area contributed by atoms with E-state index in [0.717, 1.165) is 19.4 Å². The summed E-state index contributed by atoms with van der Waals surface area (Å²) in [7, 11) is 0. The average Bonchev–Trinajstić information content (AvgIpc) is 3.07. The number of rotatable bonds is 2. The zero-order chi connectivity index (χ0) is 11.1. The summed E-state index contributed by atoms with van der Waals surface area (Å²) >= 11 is 0. The van der Waals surface area contributed by atoms with Crippen LogP contribution in [0.1, 0.15) is 12.8 Å². The second kappa shape index (κ2) is 3.41. The van der Waals surface area contributed by atoms with E-state index in [9.17, 15) is 10.1 Å². The quantitative estimate of drug-likeness (QED) is 0.428. The van der Waals surface area contributed by atoms with Crippen LogP contribution in [0.4, 0.5) is 11.5 Å². The van der Waals surface area contributed by atoms with Crippen molar-refractivity contribution in [1.82, 2.24) is 4.98 Å². The highest BCUT2D eigenvalue weighted by Crippen LogP contribution is 2.39. The SMILES string of the molecule is O=[N+]([O-])c1cccnc1N1CCCC2OC21. The number of aromatic nitrogens is 1. The number of nitro groups is 1. The van der Waals surface area contributed by atoms with E-state index in [1.165, 1.54) is 6.07 Å². The first kappa shape index (κ1) is 9.53. The van der Waals surface area contributed by atoms with Crippen LogP contribution < -0.4 is 4.90 Å². The first-order valence-electron chi connectivity index (χ1n) is 5.29. The number of anilines is 1. The van der Waals surface area contributed by atoms with E-state index in [-0.39, 0.29) is 18.0 Å². The van der Waals surface area contributed by atoms with Crippen LogP contribution in [0.15, 0.2) is 18.3 Å². The van der Waals surface area contributed by atoms with E-state index < -0.39 is 4.92 Å². The number of hydrogen-bond donors (Lipinski definition) is 0. The Hall–Kier alpha value is -1.69. The van der Waals surface area contributed by atoms with Crippen LogP contribution in [0.2, 0.25) is 0 Å². The lowest BCUT2D eigenvalue weighted by molar-refractivity contribution is -0.384. The standard InChI is InChI=1S/C10H11N3O3/c14-13(15)7-3-1-5-11-9(7)12-6-2-4-8-10(12)16-8/h1,3,5,8,10H,2,4,6H2. The Morgan fingerprint density at radius 3 is 3.31 bits per heavy atom. The van der Waals surface area contributed by atoms with Crippen LogP contribution in [-0.2, 0) is 4.74 Å². The fourth-order valence-electron chi connectivity index (χ4n) is 2.19. The van der Waals surface area contributed by atoms with Crippen LogP contribution >= 0.6 is 0 Å². The molecule has 84 valence electrons. The van der Waals surface area contributed by atoms with Gasteiger partial charge in [-0.15, -0.1) is 0 Å². The lowest BCUT2D eigenvalue weighted by Gasteiger charge is -2.23. The second-order valence-electron chi connectivity index (χ2n) is 4.00. The minimum absolute atomic E-state index is 0.00218. The number of hydrogen-bond acceptors (Lipinski definition) is 5. The van der Waals surface area contributed by atoms with Gasteiger partial charge in [-0.1, -0.05) is 0 Å². The number of piperidine rings is 1. The summed E-state index contributed by atoms with van der Waals surface area (Å²) in [4.78, 5) is 16.5. The molecule has 6 heteroatoms. The maximum absolute atomic E-state index is 10.9. The first-order valence-corrected chi connectivity index (χ1v) is 5.29. The van der Waals surface area contributed by atoms with Gasteiger partial charge in [0, 0.05) is 18.8 Å². The Morgan fingerprint density at radius 1 is 1.62 bits per heavy atom. The highest BCUT2D eigenvalue weighted by molar-refractivity contribution is 5.58. The fraction of sp³-hybridized carbons (Fsp3) is 0.500. The van der Waals surface area contributed by atoms with Gasteiger partial charge in [-0.3, -0.25) is 10.1 Å². The lowest BCUT2D eigenvalue weighted by atomic mass is 10.1. The molecule has 0 N–H and O–H groups in total. The van der Waals surface area contributed by atoms with Crippen molar-refractivity contribution in [1.29, 1.82) is 0 Å². The van der Waals surface area contributed by atoms with Crippen LogP contribution in [0.3, 0.4) is 0 Å². The van der Waals surface area contributed by atoms with Crippen LogP contribution in [0, 0.1) is 10.1 Å². The molecule has 0 amide bonds. The molecule has 0 bridgehead atoms. The molecule has 2 fully saturated rings. The zero-order valence-electron chi connectivity index (χ0n) is 8.57. The predicted molar refractivity (Wildman–Crippen MR) is 56.1 cm³/mol. The third-order valence-electron chi connectivity index (χ3n) is 2.99. The van der Waals surface area contributed by atoms with Crippen LogP contribution in [0.25, 0.3) is 0 Å². The topological polar surface area (TPSA) is 71.8 Å². The molecule has 0 radical (unpaired) electrons. The molecular formula is C10H11N3O3. The van der Waals surface area contributed by atoms with Crippen molar-refractivity contribution in [3.63, 3.8) is 0 Å². The van der Waals surface area contributed by atoms with E-state index in [2.05, 4.69) is 4.98 Å². The molecule has 1 aromatic rings. The molecule has 2 unspecified atom stereocenters. The molecule has 0 aromatic carbocycles. The molecule has 3 rings (SSSR count). The van der Waals surface area contributed by atoms with Crippen molar-refractivity contribution in [3.8, 4) is 0 Å². The molecule has 0 spiro atoms. The van der Waals surface area contributed by atoms with E-state index >= 15 is 0 Å². The van der Waals surface area contributed by atoms with Gasteiger partial charge in [0.2, 0.25) is 5.82 Å². The predicted octanol–water partition coefficient (Wildman–Crippen LogP) is 1.31. The van der Waals surface area contributed by atoms with Gasteiger partial charge in [0.1, 0.15) is 6.10 Å². The molecule has 2 aliphatic rings. The minimum atomic E-state index is -0.395. The fourth-order valence-corrected chi connectivity index (χ4v) is 2.19. The number of epoxide rings is 1. The largest absolute Gasteiger partial charge is 0.348 e. The highest BCUT2D eigenvalue weighted by Gasteiger charge is 2.48. The third kappa shape index (κ3) is 1.42. The lowest BCUT2D eigenvalue weighted by Crippen LogP contribution is -2.34. The average molecular weight is 221 g/mol. The zero-order valence-corrected chi connectivity index (χ0v) is 8.57. The molecule has 2 aliphatic heterocycles. The maximum atomic E-state index is 10.9. The van der Waals surface area contributed by atoms with Gasteiger partial charge in [0.25, 0.3) is 0 Å². The summed E-state index contributed by atoms with van der Waals surface area (Å²) < 4.78 is 5.44. The molecule has 2 saturated heterocycles. The Bertz CT molecular complexity index is 437. The Labute approximate surface area is 92.0 Å². The van der Waals surface area contributed by atoms with Gasteiger partial charge in [-0.25, -0.2) is 4.98 Å². The Kier molecular flexibility index (Phi) is 2.03. The van der Waals surface area contributed by atoms with Gasteiger partial charge in [-0.05, 0) is 18.9 Å². The molecule has 3 heterocycles. The first-order chi connectivity index (χ1) is 7.77. The monoisotopic (exact) mass is 221 g/mol. The molecule has 1 aromatic heterocycles. The Balaban J connectivity index is 1.96. The van der Waals surface area contributed by atoms with Crippen molar-refractivity contribution >= 4 is 11.5 Å². The summed E-state index contributed by atoms with van der Waals surface area (Å²) in [5, 5.41) is 10.9. The third-order valence-corrected chi connectivity index (χ3v) is 2.99. The minimum Gasteiger partial charge on any atom is -0.348 e. The molecule has 0 aliphatic carbocycles. The van der Waals surface area contributed by atoms with Crippen LogP contribution in [-0.4, -0.2) is 28.8 Å². The summed E-state index contributed by atoms with van der Waals surface area (Å²) in [6, 6.07) is 3.06. The van der Waals surface area contributed by atoms with E-state index in [0.29, 0.717) is 5.82 Å². The van der Waals surface area contributed by atoms with Crippen molar-refractivity contribution in [3.05, 3.63) is 28.4 Å². The highest BCUT2D eigenvalue weighted by atomic mass is 16.6. The number of fused-ring (bicyclic) bond motifs is 1. The van der Waals surface area contributed by atoms with Gasteiger partial charge < -0.3 is 9.64 Å². The normalized spacial score (nSPS) is 27.4. The van der Waals surface area contributed by atoms with Crippen molar-refractivity contribution < 1.29 is 9.66 Å². The summed E-state index contributed by atoms with van der Waals surface area (Å²) in [5.74, 6) is 0.430. The molecule has 0 saturated carbocycles. The molecule has 6 nitrogen and oxygen atoms in total. The van der Waals surface area contributed by atoms with Gasteiger partial charge in [-0.2, -0.15) is 0 Å². The maximum Gasteiger partial charge on any atom is 0.311 e. The Morgan fingerprint density at radius 2 is 2.50 bits per heavy atom. The molecule has 16 heavy (non-hydrogen) atoms. The van der Waals surface area contributed by atoms with Crippen molar-refractivity contribution in [2.24, 2.45) is 0 Å². The number of pyridine rings is 1. The summed E-state index contributed by atoms with van der Waals surface area (Å²) in [6.45, 7) is 0.777. The van der Waals surface area contributed by atoms with Crippen molar-refractivity contribution in [2.45, 2.75) is 25.2 Å². The van der Waals surface area contributed by atoms with Gasteiger partial charge in [0.15, 0.2) is 6.23 Å². The van der Waals surface area contributed by atoms with E-state index in [1.807, 2.05) is 4.90 Å². The van der Waals surface area contributed by atoms with E-state index in [1.54, 1.807) is 12.3 Å². The smallest absolute Gasteiger partial charge is 0.311 e. The number of nitrogens with zero attached hydrogens (tertiary/aromatic N) is 3. The second-order valence-corrected chi connectivity index (χ2v) is 4.00. The van der Waals surface area contributed by atoms with Crippen LogP contribution in [0.5, 0.6) is 0 Å². The molecular weight excluding hydrogens is 210 g/mol. The number of ether oxygens (including phenoxy) is 1. The van der Waals surface area contributed by atoms with Crippen molar-refractivity contribution in [2.75, 3.05) is 11.4 Å². The van der Waals surface area contributed by atoms with E-state index in [4.69, 9.17) is 4.74 Å². The van der Waals surface area contributed by atoms with Gasteiger partial charge >= 0.3 is 5.69 Å². The van der Waals surface area contributed by atoms with Gasteiger partial charge in [0.05, 0.1) is 4.92 Å².